The number of nitrogens with zero attached hydrogens (tertiary/aromatic N) is 2. The maximum Gasteiger partial charge on any atom is 0.225 e. The summed E-state index contributed by atoms with van der Waals surface area (Å²) in [7, 11) is -1.17. The van der Waals surface area contributed by atoms with Crippen molar-refractivity contribution in [3.63, 3.8) is 0 Å². The first-order valence-corrected chi connectivity index (χ1v) is 9.03. The maximum absolute atomic E-state index is 5.90. The predicted molar refractivity (Wildman–Crippen MR) is 95.6 cm³/mol. The quantitative estimate of drug-likeness (QED) is 0.631. The third-order valence-electron chi connectivity index (χ3n) is 3.50. The lowest BCUT2D eigenvalue weighted by atomic mass is 10.2. The van der Waals surface area contributed by atoms with E-state index in [9.17, 15) is 0 Å². The second-order valence-electron chi connectivity index (χ2n) is 5.18. The van der Waals surface area contributed by atoms with Gasteiger partial charge in [0.25, 0.3) is 0 Å². The van der Waals surface area contributed by atoms with Gasteiger partial charge in [0.2, 0.25) is 8.38 Å². The van der Waals surface area contributed by atoms with Crippen molar-refractivity contribution < 1.29 is 9.05 Å². The fraction of sp³-hybridized carbons (Fsp3) is 0.278. The van der Waals surface area contributed by atoms with Crippen LogP contribution in [0.3, 0.4) is 0 Å². The number of hydrogen-bond acceptors (Lipinski definition) is 3. The van der Waals surface area contributed by atoms with Crippen LogP contribution in [-0.2, 0) is 9.05 Å². The van der Waals surface area contributed by atoms with E-state index < -0.39 is 8.38 Å². The molecule has 0 radical (unpaired) electrons. The SMILES string of the molecule is CCOP(OCC)c1c2ccccc2nn1-c1ccc(C)cc1. The Balaban J connectivity index is 2.19. The molecule has 3 aromatic rings. The average Bonchev–Trinajstić information content (AvgIpc) is 2.94. The number of hydrogen-bond donors (Lipinski definition) is 0. The molecule has 0 unspecified atom stereocenters. The summed E-state index contributed by atoms with van der Waals surface area (Å²) in [4.78, 5) is 0. The van der Waals surface area contributed by atoms with Gasteiger partial charge in [-0.2, -0.15) is 5.10 Å². The highest BCUT2D eigenvalue weighted by molar-refractivity contribution is 7.56. The van der Waals surface area contributed by atoms with Crippen LogP contribution in [0, 0.1) is 6.92 Å². The Hall–Kier alpha value is -1.74. The number of benzene rings is 2. The monoisotopic (exact) mass is 328 g/mol. The van der Waals surface area contributed by atoms with Crippen LogP contribution < -0.4 is 5.44 Å². The first-order valence-electron chi connectivity index (χ1n) is 7.85. The van der Waals surface area contributed by atoms with Gasteiger partial charge >= 0.3 is 0 Å². The number of fused-ring (bicyclic) bond motifs is 1. The molecule has 0 atom stereocenters. The Morgan fingerprint density at radius 2 is 1.61 bits per heavy atom. The fourth-order valence-electron chi connectivity index (χ4n) is 2.45. The van der Waals surface area contributed by atoms with E-state index in [1.54, 1.807) is 0 Å². The molecule has 3 rings (SSSR count). The van der Waals surface area contributed by atoms with E-state index in [2.05, 4.69) is 37.3 Å². The van der Waals surface area contributed by atoms with Gasteiger partial charge in [0, 0.05) is 5.39 Å². The highest BCUT2D eigenvalue weighted by Crippen LogP contribution is 2.40. The summed E-state index contributed by atoms with van der Waals surface area (Å²) < 4.78 is 13.8. The largest absolute Gasteiger partial charge is 0.330 e. The lowest BCUT2D eigenvalue weighted by Gasteiger charge is -2.17. The molecule has 0 aliphatic rings. The molecule has 0 saturated carbocycles. The summed E-state index contributed by atoms with van der Waals surface area (Å²) in [6.07, 6.45) is 0. The van der Waals surface area contributed by atoms with Gasteiger partial charge in [0.05, 0.1) is 24.4 Å². The minimum Gasteiger partial charge on any atom is -0.330 e. The molecule has 120 valence electrons. The van der Waals surface area contributed by atoms with Crippen molar-refractivity contribution in [1.29, 1.82) is 0 Å². The van der Waals surface area contributed by atoms with Crippen LogP contribution in [0.4, 0.5) is 0 Å². The Bertz CT molecular complexity index is 777. The van der Waals surface area contributed by atoms with E-state index in [-0.39, 0.29) is 0 Å². The second-order valence-corrected chi connectivity index (χ2v) is 6.63. The standard InChI is InChI=1S/C18H21N2O2P/c1-4-21-23(22-5-2)18-16-8-6-7-9-17(16)19-20(18)15-12-10-14(3)11-13-15/h6-13H,4-5H2,1-3H3. The highest BCUT2D eigenvalue weighted by atomic mass is 31.2. The molecule has 1 aromatic heterocycles. The minimum absolute atomic E-state index is 0.610. The molecule has 0 spiro atoms. The van der Waals surface area contributed by atoms with Gasteiger partial charge < -0.3 is 9.05 Å². The van der Waals surface area contributed by atoms with Crippen LogP contribution in [0.2, 0.25) is 0 Å². The molecule has 23 heavy (non-hydrogen) atoms. The summed E-state index contributed by atoms with van der Waals surface area (Å²) in [5, 5.41) is 5.86. The number of rotatable bonds is 6. The van der Waals surface area contributed by atoms with E-state index >= 15 is 0 Å². The lowest BCUT2D eigenvalue weighted by molar-refractivity contribution is 0.276. The van der Waals surface area contributed by atoms with Crippen molar-refractivity contribution in [2.75, 3.05) is 13.2 Å². The van der Waals surface area contributed by atoms with Crippen LogP contribution >= 0.6 is 8.38 Å². The van der Waals surface area contributed by atoms with Crippen LogP contribution in [-0.4, -0.2) is 23.0 Å². The van der Waals surface area contributed by atoms with Crippen LogP contribution in [0.5, 0.6) is 0 Å². The van der Waals surface area contributed by atoms with Gasteiger partial charge in [0.15, 0.2) is 0 Å². The van der Waals surface area contributed by atoms with Crippen molar-refractivity contribution in [1.82, 2.24) is 9.78 Å². The van der Waals surface area contributed by atoms with Crippen molar-refractivity contribution in [3.05, 3.63) is 54.1 Å². The maximum atomic E-state index is 5.90. The predicted octanol–water partition coefficient (Wildman–Crippen LogP) is 4.34. The van der Waals surface area contributed by atoms with Gasteiger partial charge in [-0.15, -0.1) is 0 Å². The van der Waals surface area contributed by atoms with E-state index in [4.69, 9.17) is 14.1 Å². The van der Waals surface area contributed by atoms with E-state index in [0.717, 1.165) is 22.0 Å². The summed E-state index contributed by atoms with van der Waals surface area (Å²) in [6, 6.07) is 16.5. The molecule has 0 fully saturated rings. The Morgan fingerprint density at radius 1 is 0.957 bits per heavy atom. The van der Waals surface area contributed by atoms with Crippen LogP contribution in [0.15, 0.2) is 48.5 Å². The third-order valence-corrected chi connectivity index (χ3v) is 5.26. The highest BCUT2D eigenvalue weighted by Gasteiger charge is 2.23. The Labute approximate surface area is 138 Å². The van der Waals surface area contributed by atoms with Crippen molar-refractivity contribution >= 4 is 24.7 Å². The smallest absolute Gasteiger partial charge is 0.225 e. The minimum atomic E-state index is -1.17. The van der Waals surface area contributed by atoms with E-state index in [0.29, 0.717) is 13.2 Å². The first-order chi connectivity index (χ1) is 11.2. The van der Waals surface area contributed by atoms with Crippen molar-refractivity contribution in [2.45, 2.75) is 20.8 Å². The summed E-state index contributed by atoms with van der Waals surface area (Å²) in [5.74, 6) is 0. The van der Waals surface area contributed by atoms with Crippen LogP contribution in [0.1, 0.15) is 19.4 Å². The third kappa shape index (κ3) is 3.30. The van der Waals surface area contributed by atoms with Crippen LogP contribution in [0.25, 0.3) is 16.6 Å². The van der Waals surface area contributed by atoms with Gasteiger partial charge in [-0.1, -0.05) is 35.9 Å². The van der Waals surface area contributed by atoms with Crippen molar-refractivity contribution in [2.24, 2.45) is 0 Å². The zero-order valence-corrected chi connectivity index (χ0v) is 14.6. The first kappa shape index (κ1) is 16.1. The van der Waals surface area contributed by atoms with Gasteiger partial charge in [-0.05, 0) is 39.0 Å². The van der Waals surface area contributed by atoms with Gasteiger partial charge in [-0.3, -0.25) is 0 Å². The molecule has 0 aliphatic carbocycles. The van der Waals surface area contributed by atoms with Gasteiger partial charge in [-0.25, -0.2) is 4.68 Å². The summed E-state index contributed by atoms with van der Waals surface area (Å²) in [5.41, 5.74) is 4.20. The molecule has 5 heteroatoms. The molecule has 1 heterocycles. The molecule has 2 aromatic carbocycles. The summed E-state index contributed by atoms with van der Waals surface area (Å²) >= 11 is 0. The normalized spacial score (nSPS) is 11.5. The number of aromatic nitrogens is 2. The number of aryl methyl sites for hydroxylation is 1. The second kappa shape index (κ2) is 7.22. The molecular formula is C18H21N2O2P. The average molecular weight is 328 g/mol. The zero-order valence-electron chi connectivity index (χ0n) is 13.7. The van der Waals surface area contributed by atoms with E-state index in [1.807, 2.05) is 36.7 Å². The molecule has 0 bridgehead atoms. The van der Waals surface area contributed by atoms with Crippen molar-refractivity contribution in [3.8, 4) is 5.69 Å². The molecule has 0 aliphatic heterocycles. The molecule has 0 N–H and O–H groups in total. The molecule has 0 amide bonds. The Kier molecular flexibility index (Phi) is 5.06. The van der Waals surface area contributed by atoms with E-state index in [1.165, 1.54) is 5.56 Å². The lowest BCUT2D eigenvalue weighted by Crippen LogP contribution is -2.18. The zero-order chi connectivity index (χ0) is 16.2. The molecular weight excluding hydrogens is 307 g/mol. The molecule has 0 saturated heterocycles. The Morgan fingerprint density at radius 3 is 2.26 bits per heavy atom. The van der Waals surface area contributed by atoms with Gasteiger partial charge in [0.1, 0.15) is 5.44 Å². The summed E-state index contributed by atoms with van der Waals surface area (Å²) in [6.45, 7) is 7.28. The topological polar surface area (TPSA) is 36.3 Å². The fourth-order valence-corrected chi connectivity index (χ4v) is 3.94. The molecule has 4 nitrogen and oxygen atoms in total.